The van der Waals surface area contributed by atoms with Gasteiger partial charge in [-0.3, -0.25) is 11.3 Å². The number of hydrogen-bond donors (Lipinski definition) is 2. The minimum absolute atomic E-state index is 0.0237. The molecule has 0 radical (unpaired) electrons. The molecule has 1 aromatic heterocycles. The van der Waals surface area contributed by atoms with Gasteiger partial charge in [-0.2, -0.15) is 13.2 Å². The van der Waals surface area contributed by atoms with Crippen molar-refractivity contribution in [1.29, 1.82) is 0 Å². The first-order valence-electron chi connectivity index (χ1n) is 4.86. The van der Waals surface area contributed by atoms with Crippen molar-refractivity contribution in [2.75, 3.05) is 0 Å². The van der Waals surface area contributed by atoms with E-state index in [4.69, 9.17) is 5.84 Å². The number of hydrogen-bond acceptors (Lipinski definition) is 4. The summed E-state index contributed by atoms with van der Waals surface area (Å²) in [6.07, 6.45) is -1.16. The zero-order valence-electron chi connectivity index (χ0n) is 8.64. The molecule has 0 saturated heterocycles. The molecule has 1 aliphatic carbocycles. The lowest BCUT2D eigenvalue weighted by Crippen LogP contribution is -2.32. The Hall–Kier alpha value is -0.660. The van der Waals surface area contributed by atoms with E-state index in [0.29, 0.717) is 16.2 Å². The molecule has 1 heterocycles. The lowest BCUT2D eigenvalue weighted by Gasteiger charge is -2.20. The van der Waals surface area contributed by atoms with Crippen LogP contribution in [0.2, 0.25) is 0 Å². The molecule has 1 atom stereocenters. The van der Waals surface area contributed by atoms with E-state index in [1.165, 1.54) is 6.20 Å². The van der Waals surface area contributed by atoms with Gasteiger partial charge in [0.25, 0.3) is 0 Å². The van der Waals surface area contributed by atoms with Crippen LogP contribution in [0.4, 0.5) is 13.2 Å². The van der Waals surface area contributed by atoms with Crippen LogP contribution in [0.5, 0.6) is 0 Å². The summed E-state index contributed by atoms with van der Waals surface area (Å²) < 4.78 is 37.1. The van der Waals surface area contributed by atoms with E-state index in [9.17, 15) is 13.2 Å². The topological polar surface area (TPSA) is 50.9 Å². The predicted molar refractivity (Wildman–Crippen MR) is 54.5 cm³/mol. The smallest absolute Gasteiger partial charge is 0.271 e. The second kappa shape index (κ2) is 3.68. The molecule has 0 aromatic carbocycles. The van der Waals surface area contributed by atoms with E-state index >= 15 is 0 Å². The first-order chi connectivity index (χ1) is 7.37. The maximum absolute atomic E-state index is 12.4. The summed E-state index contributed by atoms with van der Waals surface area (Å²) in [5.41, 5.74) is 2.56. The number of nitrogens with one attached hydrogen (secondary N) is 1. The Kier molecular flexibility index (Phi) is 2.72. The lowest BCUT2D eigenvalue weighted by atomic mass is 9.99. The van der Waals surface area contributed by atoms with Crippen molar-refractivity contribution in [1.82, 2.24) is 10.4 Å². The van der Waals surface area contributed by atoms with Crippen molar-refractivity contribution in [3.63, 3.8) is 0 Å². The fourth-order valence-electron chi connectivity index (χ4n) is 1.66. The Morgan fingerprint density at radius 2 is 2.19 bits per heavy atom. The largest absolute Gasteiger partial charge is 0.443 e. The summed E-state index contributed by atoms with van der Waals surface area (Å²) in [5.74, 6) is 5.40. The number of thiazole rings is 1. The van der Waals surface area contributed by atoms with Crippen molar-refractivity contribution in [3.05, 3.63) is 16.1 Å². The van der Waals surface area contributed by atoms with Gasteiger partial charge in [0.15, 0.2) is 5.01 Å². The lowest BCUT2D eigenvalue weighted by molar-refractivity contribution is -0.137. The highest BCUT2D eigenvalue weighted by Crippen LogP contribution is 2.55. The molecule has 1 aromatic rings. The monoisotopic (exact) mass is 251 g/mol. The molecule has 0 spiro atoms. The molecule has 0 bridgehead atoms. The van der Waals surface area contributed by atoms with Crippen LogP contribution in [0, 0.1) is 5.41 Å². The molecule has 2 rings (SSSR count). The molecule has 90 valence electrons. The SMILES string of the molecule is CC1(C(NN)c2cnc(C(F)(F)F)s2)CC1. The number of halogens is 3. The van der Waals surface area contributed by atoms with Gasteiger partial charge in [-0.15, -0.1) is 11.3 Å². The van der Waals surface area contributed by atoms with Gasteiger partial charge in [0, 0.05) is 11.1 Å². The molecule has 3 N–H and O–H groups in total. The molecule has 1 aliphatic rings. The van der Waals surface area contributed by atoms with E-state index in [-0.39, 0.29) is 11.5 Å². The van der Waals surface area contributed by atoms with Gasteiger partial charge in [-0.05, 0) is 18.3 Å². The zero-order chi connectivity index (χ0) is 12.0. The van der Waals surface area contributed by atoms with Crippen molar-refractivity contribution >= 4 is 11.3 Å². The number of alkyl halides is 3. The van der Waals surface area contributed by atoms with Gasteiger partial charge in [0.05, 0.1) is 6.04 Å². The van der Waals surface area contributed by atoms with Crippen LogP contribution in [0.15, 0.2) is 6.20 Å². The Bertz CT molecular complexity index is 384. The van der Waals surface area contributed by atoms with E-state index < -0.39 is 11.2 Å². The van der Waals surface area contributed by atoms with Crippen molar-refractivity contribution < 1.29 is 13.2 Å². The van der Waals surface area contributed by atoms with Gasteiger partial charge >= 0.3 is 6.18 Å². The molecule has 1 fully saturated rings. The second-order valence-electron chi connectivity index (χ2n) is 4.32. The van der Waals surface area contributed by atoms with E-state index in [1.807, 2.05) is 6.92 Å². The number of nitrogens with two attached hydrogens (primary N) is 1. The molecule has 16 heavy (non-hydrogen) atoms. The van der Waals surface area contributed by atoms with Crippen LogP contribution in [-0.2, 0) is 6.18 Å². The van der Waals surface area contributed by atoms with Crippen molar-refractivity contribution in [2.24, 2.45) is 11.3 Å². The zero-order valence-corrected chi connectivity index (χ0v) is 9.45. The Balaban J connectivity index is 2.24. The fourth-order valence-corrected chi connectivity index (χ4v) is 2.68. The molecular weight excluding hydrogens is 239 g/mol. The Labute approximate surface area is 94.8 Å². The van der Waals surface area contributed by atoms with E-state index in [1.54, 1.807) is 0 Å². The average molecular weight is 251 g/mol. The molecule has 7 heteroatoms. The Morgan fingerprint density at radius 1 is 1.56 bits per heavy atom. The van der Waals surface area contributed by atoms with Crippen LogP contribution >= 0.6 is 11.3 Å². The van der Waals surface area contributed by atoms with Gasteiger partial charge in [0.1, 0.15) is 0 Å². The highest BCUT2D eigenvalue weighted by Gasteiger charge is 2.46. The summed E-state index contributed by atoms with van der Waals surface area (Å²) in [6, 6.07) is -0.235. The molecule has 1 saturated carbocycles. The second-order valence-corrected chi connectivity index (χ2v) is 5.38. The third kappa shape index (κ3) is 2.07. The maximum atomic E-state index is 12.4. The Morgan fingerprint density at radius 3 is 2.56 bits per heavy atom. The maximum Gasteiger partial charge on any atom is 0.443 e. The normalized spacial score (nSPS) is 20.8. The summed E-state index contributed by atoms with van der Waals surface area (Å²) in [4.78, 5) is 3.95. The number of hydrazine groups is 1. The fraction of sp³-hybridized carbons (Fsp3) is 0.667. The van der Waals surface area contributed by atoms with Gasteiger partial charge in [-0.1, -0.05) is 6.92 Å². The third-order valence-corrected chi connectivity index (χ3v) is 4.06. The van der Waals surface area contributed by atoms with Crippen LogP contribution in [0.25, 0.3) is 0 Å². The number of nitrogens with zero attached hydrogens (tertiary/aromatic N) is 1. The minimum Gasteiger partial charge on any atom is -0.271 e. The number of rotatable bonds is 3. The van der Waals surface area contributed by atoms with Crippen LogP contribution < -0.4 is 11.3 Å². The van der Waals surface area contributed by atoms with Gasteiger partial charge in [-0.25, -0.2) is 4.98 Å². The van der Waals surface area contributed by atoms with E-state index in [0.717, 1.165) is 12.8 Å². The van der Waals surface area contributed by atoms with Gasteiger partial charge < -0.3 is 0 Å². The molecule has 3 nitrogen and oxygen atoms in total. The van der Waals surface area contributed by atoms with Crippen molar-refractivity contribution in [3.8, 4) is 0 Å². The highest BCUT2D eigenvalue weighted by molar-refractivity contribution is 7.11. The molecule has 0 amide bonds. The summed E-state index contributed by atoms with van der Waals surface area (Å²) in [6.45, 7) is 2.00. The first-order valence-corrected chi connectivity index (χ1v) is 5.67. The van der Waals surface area contributed by atoms with Crippen LogP contribution in [0.1, 0.15) is 35.7 Å². The van der Waals surface area contributed by atoms with Crippen LogP contribution in [-0.4, -0.2) is 4.98 Å². The van der Waals surface area contributed by atoms with Gasteiger partial charge in [0.2, 0.25) is 0 Å². The average Bonchev–Trinajstić information content (AvgIpc) is 2.74. The van der Waals surface area contributed by atoms with E-state index in [2.05, 4.69) is 10.4 Å². The van der Waals surface area contributed by atoms with Crippen molar-refractivity contribution in [2.45, 2.75) is 32.0 Å². The minimum atomic E-state index is -4.37. The number of aromatic nitrogens is 1. The third-order valence-electron chi connectivity index (χ3n) is 2.95. The quantitative estimate of drug-likeness (QED) is 0.641. The summed E-state index contributed by atoms with van der Waals surface area (Å²) in [5, 5.41) is -0.813. The molecular formula is C9H12F3N3S. The predicted octanol–water partition coefficient (Wildman–Crippen LogP) is 2.47. The van der Waals surface area contributed by atoms with Crippen LogP contribution in [0.3, 0.4) is 0 Å². The molecule has 1 unspecified atom stereocenters. The molecule has 0 aliphatic heterocycles. The first kappa shape index (κ1) is 11.8. The highest BCUT2D eigenvalue weighted by atomic mass is 32.1. The standard InChI is InChI=1S/C9H12F3N3S/c1-8(2-3-8)6(15-13)5-4-14-7(16-5)9(10,11)12/h4,6,15H,2-3,13H2,1H3. The summed E-state index contributed by atoms with van der Waals surface area (Å²) in [7, 11) is 0. The summed E-state index contributed by atoms with van der Waals surface area (Å²) >= 11 is 0.661.